The molecule has 1 amide bonds. The number of nitrogens with zero attached hydrogens (tertiary/aromatic N) is 1. The van der Waals surface area contributed by atoms with E-state index in [1.165, 1.54) is 12.1 Å². The van der Waals surface area contributed by atoms with E-state index in [9.17, 15) is 14.0 Å². The molecular weight excluding hydrogens is 417 g/mol. The molecule has 33 heavy (non-hydrogen) atoms. The fourth-order valence-electron chi connectivity index (χ4n) is 4.84. The first-order valence-corrected chi connectivity index (χ1v) is 11.6. The predicted octanol–water partition coefficient (Wildman–Crippen LogP) is 5.28. The number of Topliss-reactive ketones (excluding diaryl/α,β-unsaturated/α-hetero) is 1. The Morgan fingerprint density at radius 2 is 1.79 bits per heavy atom. The first kappa shape index (κ1) is 22.8. The molecule has 172 valence electrons. The average molecular weight is 448 g/mol. The lowest BCUT2D eigenvalue weighted by Gasteiger charge is -2.34. The normalized spacial score (nSPS) is 18.1. The van der Waals surface area contributed by atoms with E-state index in [2.05, 4.69) is 29.4 Å². The van der Waals surface area contributed by atoms with Crippen molar-refractivity contribution in [1.82, 2.24) is 5.32 Å². The second kappa shape index (κ2) is 9.61. The van der Waals surface area contributed by atoms with Crippen LogP contribution >= 0.6 is 0 Å². The summed E-state index contributed by atoms with van der Waals surface area (Å²) in [6, 6.07) is 14.2. The Morgan fingerprint density at radius 3 is 2.45 bits per heavy atom. The number of rotatable bonds is 6. The maximum atomic E-state index is 14.2. The van der Waals surface area contributed by atoms with Crippen LogP contribution < -0.4 is 15.5 Å². The molecule has 5 nitrogen and oxygen atoms in total. The maximum Gasteiger partial charge on any atom is 0.254 e. The molecule has 0 spiro atoms. The van der Waals surface area contributed by atoms with Gasteiger partial charge < -0.3 is 15.5 Å². The lowest BCUT2D eigenvalue weighted by Crippen LogP contribution is -2.35. The number of ketones is 1. The van der Waals surface area contributed by atoms with Gasteiger partial charge >= 0.3 is 0 Å². The molecule has 0 saturated carbocycles. The van der Waals surface area contributed by atoms with Gasteiger partial charge in [-0.2, -0.15) is 0 Å². The third-order valence-corrected chi connectivity index (χ3v) is 6.50. The number of carbonyl (C=O) groups excluding carboxylic acids is 2. The number of dihydropyridines is 1. The van der Waals surface area contributed by atoms with E-state index >= 15 is 0 Å². The summed E-state index contributed by atoms with van der Waals surface area (Å²) in [6.07, 6.45) is 2.03. The van der Waals surface area contributed by atoms with Crippen LogP contribution in [0.4, 0.5) is 15.8 Å². The monoisotopic (exact) mass is 447 g/mol. The number of benzene rings is 2. The van der Waals surface area contributed by atoms with Crippen molar-refractivity contribution < 1.29 is 14.0 Å². The van der Waals surface area contributed by atoms with Gasteiger partial charge in [-0.15, -0.1) is 0 Å². The molecule has 2 N–H and O–H groups in total. The van der Waals surface area contributed by atoms with Crippen LogP contribution in [-0.2, 0) is 9.59 Å². The zero-order valence-corrected chi connectivity index (χ0v) is 19.4. The molecule has 2 aromatic rings. The highest BCUT2D eigenvalue weighted by atomic mass is 19.1. The van der Waals surface area contributed by atoms with Crippen molar-refractivity contribution in [3.8, 4) is 0 Å². The van der Waals surface area contributed by atoms with Crippen LogP contribution in [0, 0.1) is 5.82 Å². The van der Waals surface area contributed by atoms with Gasteiger partial charge in [0.1, 0.15) is 5.82 Å². The highest BCUT2D eigenvalue weighted by Gasteiger charge is 2.38. The van der Waals surface area contributed by atoms with Crippen LogP contribution in [0.3, 0.4) is 0 Å². The van der Waals surface area contributed by atoms with E-state index in [0.717, 1.165) is 42.9 Å². The van der Waals surface area contributed by atoms with Gasteiger partial charge in [0.25, 0.3) is 5.91 Å². The van der Waals surface area contributed by atoms with E-state index in [-0.39, 0.29) is 11.5 Å². The Hall–Kier alpha value is -3.41. The van der Waals surface area contributed by atoms with Crippen molar-refractivity contribution in [3.63, 3.8) is 0 Å². The molecule has 1 aliphatic carbocycles. The fraction of sp³-hybridized carbons (Fsp3) is 0.333. The summed E-state index contributed by atoms with van der Waals surface area (Å²) in [4.78, 5) is 28.7. The molecule has 1 atom stereocenters. The van der Waals surface area contributed by atoms with Crippen LogP contribution in [0.2, 0.25) is 0 Å². The maximum absolute atomic E-state index is 14.2. The van der Waals surface area contributed by atoms with Crippen molar-refractivity contribution in [3.05, 3.63) is 82.5 Å². The third-order valence-electron chi connectivity index (χ3n) is 6.50. The number of amides is 1. The first-order chi connectivity index (χ1) is 15.9. The Labute approximate surface area is 194 Å². The highest BCUT2D eigenvalue weighted by Crippen LogP contribution is 2.42. The van der Waals surface area contributed by atoms with E-state index in [1.807, 2.05) is 31.2 Å². The van der Waals surface area contributed by atoms with Crippen LogP contribution in [0.15, 0.2) is 71.1 Å². The second-order valence-corrected chi connectivity index (χ2v) is 8.46. The van der Waals surface area contributed by atoms with Gasteiger partial charge in [0.05, 0.1) is 5.69 Å². The van der Waals surface area contributed by atoms with E-state index in [0.29, 0.717) is 23.3 Å². The smallest absolute Gasteiger partial charge is 0.254 e. The third kappa shape index (κ3) is 4.42. The van der Waals surface area contributed by atoms with Gasteiger partial charge in [0, 0.05) is 53.7 Å². The van der Waals surface area contributed by atoms with Crippen LogP contribution in [0.25, 0.3) is 0 Å². The van der Waals surface area contributed by atoms with Crippen LogP contribution in [-0.4, -0.2) is 24.8 Å². The van der Waals surface area contributed by atoms with Crippen molar-refractivity contribution in [2.75, 3.05) is 23.3 Å². The molecule has 1 heterocycles. The standard InChI is InChI=1S/C27H30FN3O2/c1-4-31(5-2)19-15-13-18(14-16-19)25-24(27(33)30-21-10-7-6-9-20(21)28)17(3)29-22-11-8-12-23(32)26(22)25/h6-7,9-10,13-16,25,29H,4-5,8,11-12H2,1-3H3,(H,30,33). The summed E-state index contributed by atoms with van der Waals surface area (Å²) in [5, 5.41) is 6.02. The number of nitrogens with one attached hydrogen (secondary N) is 2. The molecule has 0 saturated heterocycles. The van der Waals surface area contributed by atoms with Gasteiger partial charge in [-0.3, -0.25) is 9.59 Å². The average Bonchev–Trinajstić information content (AvgIpc) is 2.81. The Morgan fingerprint density at radius 1 is 1.09 bits per heavy atom. The van der Waals surface area contributed by atoms with E-state index in [1.54, 1.807) is 12.1 Å². The van der Waals surface area contributed by atoms with Gasteiger partial charge in [0.15, 0.2) is 5.78 Å². The largest absolute Gasteiger partial charge is 0.372 e. The Balaban J connectivity index is 1.77. The van der Waals surface area contributed by atoms with Crippen LogP contribution in [0.1, 0.15) is 51.5 Å². The molecule has 6 heteroatoms. The molecule has 0 radical (unpaired) electrons. The van der Waals surface area contributed by atoms with Gasteiger partial charge in [0.2, 0.25) is 0 Å². The minimum Gasteiger partial charge on any atom is -0.372 e. The Kier molecular flexibility index (Phi) is 6.63. The quantitative estimate of drug-likeness (QED) is 0.633. The van der Waals surface area contributed by atoms with Crippen molar-refractivity contribution in [2.24, 2.45) is 0 Å². The lowest BCUT2D eigenvalue weighted by molar-refractivity contribution is -0.116. The molecule has 1 unspecified atom stereocenters. The molecule has 1 aliphatic heterocycles. The number of carbonyl (C=O) groups is 2. The second-order valence-electron chi connectivity index (χ2n) is 8.46. The number of halogens is 1. The minimum absolute atomic E-state index is 0.0604. The van der Waals surface area contributed by atoms with Gasteiger partial charge in [-0.25, -0.2) is 4.39 Å². The van der Waals surface area contributed by atoms with Gasteiger partial charge in [-0.05, 0) is 63.4 Å². The van der Waals surface area contributed by atoms with Crippen molar-refractivity contribution >= 4 is 23.1 Å². The zero-order valence-electron chi connectivity index (χ0n) is 19.4. The summed E-state index contributed by atoms with van der Waals surface area (Å²) in [7, 11) is 0. The number of allylic oxidation sites excluding steroid dienone is 3. The summed E-state index contributed by atoms with van der Waals surface area (Å²) in [6.45, 7) is 7.85. The molecule has 2 aromatic carbocycles. The number of hydrogen-bond acceptors (Lipinski definition) is 4. The topological polar surface area (TPSA) is 61.4 Å². The lowest BCUT2D eigenvalue weighted by atomic mass is 9.75. The summed E-state index contributed by atoms with van der Waals surface area (Å²) >= 11 is 0. The molecule has 0 bridgehead atoms. The molecule has 2 aliphatic rings. The zero-order chi connectivity index (χ0) is 23.5. The summed E-state index contributed by atoms with van der Waals surface area (Å²) in [5.41, 5.74) is 4.78. The number of anilines is 2. The van der Waals surface area contributed by atoms with E-state index in [4.69, 9.17) is 0 Å². The SMILES string of the molecule is CCN(CC)c1ccc(C2C(C(=O)Nc3ccccc3F)=C(C)NC3=C2C(=O)CCC3)cc1. The first-order valence-electron chi connectivity index (χ1n) is 11.6. The van der Waals surface area contributed by atoms with E-state index < -0.39 is 17.6 Å². The Bertz CT molecular complexity index is 1130. The van der Waals surface area contributed by atoms with Crippen molar-refractivity contribution in [1.29, 1.82) is 0 Å². The number of para-hydroxylation sites is 1. The predicted molar refractivity (Wildman–Crippen MR) is 129 cm³/mol. The summed E-state index contributed by atoms with van der Waals surface area (Å²) < 4.78 is 14.2. The fourth-order valence-corrected chi connectivity index (χ4v) is 4.84. The van der Waals surface area contributed by atoms with Crippen LogP contribution in [0.5, 0.6) is 0 Å². The minimum atomic E-state index is -0.498. The molecule has 0 fully saturated rings. The van der Waals surface area contributed by atoms with Gasteiger partial charge in [-0.1, -0.05) is 24.3 Å². The highest BCUT2D eigenvalue weighted by molar-refractivity contribution is 6.09. The summed E-state index contributed by atoms with van der Waals surface area (Å²) in [5.74, 6) is -1.34. The number of hydrogen-bond donors (Lipinski definition) is 2. The molecular formula is C27H30FN3O2. The van der Waals surface area contributed by atoms with Crippen molar-refractivity contribution in [2.45, 2.75) is 46.0 Å². The molecule has 4 rings (SSSR count). The molecule has 0 aromatic heterocycles.